The van der Waals surface area contributed by atoms with Crippen molar-refractivity contribution in [1.82, 2.24) is 10.2 Å². The Bertz CT molecular complexity index is 1060. The van der Waals surface area contributed by atoms with Crippen LogP contribution in [0.4, 0.5) is 8.78 Å². The molecule has 8 heteroatoms. The first-order chi connectivity index (χ1) is 15.9. The SMILES string of the molecule is Cc1ccc(C(=O)C=CC(=O)OCCN(C)C(C(=O)NC(C)(C)C)c2ccc(F)c(F)c2)cc1. The zero-order valence-corrected chi connectivity index (χ0v) is 20.0. The minimum absolute atomic E-state index is 0.0820. The summed E-state index contributed by atoms with van der Waals surface area (Å²) in [5.74, 6) is -3.52. The lowest BCUT2D eigenvalue weighted by atomic mass is 10.0. The van der Waals surface area contributed by atoms with Crippen molar-refractivity contribution in [3.63, 3.8) is 0 Å². The number of rotatable bonds is 9. The summed E-state index contributed by atoms with van der Waals surface area (Å²) in [6, 6.07) is 9.28. The van der Waals surface area contributed by atoms with Crippen LogP contribution in [-0.2, 0) is 14.3 Å². The molecule has 0 bridgehead atoms. The summed E-state index contributed by atoms with van der Waals surface area (Å²) < 4.78 is 32.4. The molecular weight excluding hydrogens is 442 g/mol. The number of allylic oxidation sites excluding steroid dienone is 1. The number of ether oxygens (including phenoxy) is 1. The van der Waals surface area contributed by atoms with Gasteiger partial charge in [0.15, 0.2) is 17.4 Å². The van der Waals surface area contributed by atoms with Crippen LogP contribution in [0.2, 0.25) is 0 Å². The van der Waals surface area contributed by atoms with Crippen LogP contribution in [0.15, 0.2) is 54.6 Å². The number of nitrogens with zero attached hydrogens (tertiary/aromatic N) is 1. The largest absolute Gasteiger partial charge is 0.461 e. The van der Waals surface area contributed by atoms with Crippen LogP contribution in [0, 0.1) is 18.6 Å². The zero-order chi connectivity index (χ0) is 25.5. The fraction of sp³-hybridized carbons (Fsp3) is 0.346. The molecule has 0 fully saturated rings. The number of nitrogens with one attached hydrogen (secondary N) is 1. The standard InChI is InChI=1S/C26H30F2N2O4/c1-17-6-8-18(9-7-17)22(31)12-13-23(32)34-15-14-30(5)24(25(33)29-26(2,3)4)19-10-11-20(27)21(28)16-19/h6-13,16,24H,14-15H2,1-5H3,(H,29,33). The van der Waals surface area contributed by atoms with Crippen molar-refractivity contribution < 1.29 is 27.9 Å². The molecule has 34 heavy (non-hydrogen) atoms. The molecule has 0 spiro atoms. The van der Waals surface area contributed by atoms with Gasteiger partial charge in [-0.2, -0.15) is 0 Å². The summed E-state index contributed by atoms with van der Waals surface area (Å²) in [6.45, 7) is 7.37. The Balaban J connectivity index is 2.01. The van der Waals surface area contributed by atoms with Crippen molar-refractivity contribution in [3.8, 4) is 0 Å². The van der Waals surface area contributed by atoms with Crippen LogP contribution in [0.25, 0.3) is 0 Å². The highest BCUT2D eigenvalue weighted by atomic mass is 19.2. The number of aryl methyl sites for hydroxylation is 1. The van der Waals surface area contributed by atoms with Gasteiger partial charge >= 0.3 is 5.97 Å². The number of ketones is 1. The van der Waals surface area contributed by atoms with E-state index in [1.165, 1.54) is 6.07 Å². The van der Waals surface area contributed by atoms with Crippen molar-refractivity contribution >= 4 is 17.7 Å². The number of esters is 1. The van der Waals surface area contributed by atoms with Gasteiger partial charge in [-0.25, -0.2) is 13.6 Å². The van der Waals surface area contributed by atoms with E-state index in [4.69, 9.17) is 4.74 Å². The van der Waals surface area contributed by atoms with Crippen molar-refractivity contribution in [1.29, 1.82) is 0 Å². The molecule has 0 aromatic heterocycles. The topological polar surface area (TPSA) is 75.7 Å². The summed E-state index contributed by atoms with van der Waals surface area (Å²) in [7, 11) is 1.61. The van der Waals surface area contributed by atoms with Crippen LogP contribution in [0.3, 0.4) is 0 Å². The molecule has 0 aliphatic rings. The second kappa shape index (κ2) is 11.7. The number of hydrogen-bond acceptors (Lipinski definition) is 5. The maximum atomic E-state index is 13.8. The number of halogens is 2. The predicted molar refractivity (Wildman–Crippen MR) is 125 cm³/mol. The number of amides is 1. The van der Waals surface area contributed by atoms with Gasteiger partial charge in [-0.15, -0.1) is 0 Å². The smallest absolute Gasteiger partial charge is 0.330 e. The van der Waals surface area contributed by atoms with Gasteiger partial charge in [0, 0.05) is 23.7 Å². The fourth-order valence-corrected chi connectivity index (χ4v) is 3.15. The molecule has 2 aromatic rings. The summed E-state index contributed by atoms with van der Waals surface area (Å²) in [4.78, 5) is 38.6. The molecular formula is C26H30F2N2O4. The molecule has 0 saturated carbocycles. The molecule has 1 N–H and O–H groups in total. The van der Waals surface area contributed by atoms with Crippen LogP contribution >= 0.6 is 0 Å². The summed E-state index contributed by atoms with van der Waals surface area (Å²) in [5.41, 5.74) is 1.18. The van der Waals surface area contributed by atoms with E-state index in [0.717, 1.165) is 29.8 Å². The van der Waals surface area contributed by atoms with Crippen molar-refractivity contribution in [2.24, 2.45) is 0 Å². The Morgan fingerprint density at radius 1 is 1.03 bits per heavy atom. The minimum atomic E-state index is -1.06. The lowest BCUT2D eigenvalue weighted by Gasteiger charge is -2.31. The van der Waals surface area contributed by atoms with Gasteiger partial charge < -0.3 is 10.1 Å². The maximum absolute atomic E-state index is 13.8. The molecule has 2 rings (SSSR count). The van der Waals surface area contributed by atoms with Crippen molar-refractivity contribution in [2.45, 2.75) is 39.3 Å². The fourth-order valence-electron chi connectivity index (χ4n) is 3.15. The first-order valence-electron chi connectivity index (χ1n) is 10.8. The molecule has 1 atom stereocenters. The third-order valence-corrected chi connectivity index (χ3v) is 4.84. The van der Waals surface area contributed by atoms with Gasteiger partial charge in [-0.3, -0.25) is 14.5 Å². The number of carbonyl (C=O) groups excluding carboxylic acids is 3. The van der Waals surface area contributed by atoms with Gasteiger partial charge in [-0.1, -0.05) is 35.9 Å². The van der Waals surface area contributed by atoms with E-state index in [1.807, 2.05) is 6.92 Å². The first-order valence-corrected chi connectivity index (χ1v) is 10.8. The van der Waals surface area contributed by atoms with Gasteiger partial charge in [0.05, 0.1) is 0 Å². The highest BCUT2D eigenvalue weighted by molar-refractivity contribution is 6.07. The zero-order valence-electron chi connectivity index (χ0n) is 20.0. The Morgan fingerprint density at radius 2 is 1.68 bits per heavy atom. The molecule has 0 aliphatic carbocycles. The van der Waals surface area contributed by atoms with E-state index < -0.39 is 35.1 Å². The Morgan fingerprint density at radius 3 is 2.26 bits per heavy atom. The molecule has 0 radical (unpaired) electrons. The molecule has 182 valence electrons. The van der Waals surface area contributed by atoms with E-state index in [-0.39, 0.29) is 24.5 Å². The first kappa shape index (κ1) is 26.9. The van der Waals surface area contributed by atoms with E-state index in [2.05, 4.69) is 5.32 Å². The lowest BCUT2D eigenvalue weighted by molar-refractivity contribution is -0.138. The number of benzene rings is 2. The Kier molecular flexibility index (Phi) is 9.20. The number of hydrogen-bond donors (Lipinski definition) is 1. The van der Waals surface area contributed by atoms with Gasteiger partial charge in [0.1, 0.15) is 12.6 Å². The molecule has 1 amide bonds. The third kappa shape index (κ3) is 8.19. The van der Waals surface area contributed by atoms with Crippen molar-refractivity contribution in [2.75, 3.05) is 20.2 Å². The second-order valence-corrected chi connectivity index (χ2v) is 9.03. The molecule has 0 aliphatic heterocycles. The quantitative estimate of drug-likeness (QED) is 0.337. The second-order valence-electron chi connectivity index (χ2n) is 9.03. The number of carbonyl (C=O) groups is 3. The highest BCUT2D eigenvalue weighted by Gasteiger charge is 2.29. The molecule has 2 aromatic carbocycles. The van der Waals surface area contributed by atoms with Crippen molar-refractivity contribution in [3.05, 3.63) is 82.9 Å². The molecule has 6 nitrogen and oxygen atoms in total. The molecule has 1 unspecified atom stereocenters. The number of likely N-dealkylation sites (N-methyl/N-ethyl adjacent to an activating group) is 1. The van der Waals surface area contributed by atoms with E-state index in [9.17, 15) is 23.2 Å². The van der Waals surface area contributed by atoms with Gasteiger partial charge in [0.2, 0.25) is 5.91 Å². The van der Waals surface area contributed by atoms with Crippen LogP contribution in [0.5, 0.6) is 0 Å². The monoisotopic (exact) mass is 472 g/mol. The normalized spacial score (nSPS) is 12.6. The van der Waals surface area contributed by atoms with Crippen LogP contribution in [0.1, 0.15) is 48.3 Å². The average molecular weight is 473 g/mol. The van der Waals surface area contributed by atoms with E-state index in [1.54, 1.807) is 57.0 Å². The summed E-state index contributed by atoms with van der Waals surface area (Å²) in [5, 5.41) is 2.83. The average Bonchev–Trinajstić information content (AvgIpc) is 2.74. The van der Waals surface area contributed by atoms with E-state index in [0.29, 0.717) is 5.56 Å². The summed E-state index contributed by atoms with van der Waals surface area (Å²) in [6.07, 6.45) is 2.18. The maximum Gasteiger partial charge on any atom is 0.330 e. The third-order valence-electron chi connectivity index (χ3n) is 4.84. The van der Waals surface area contributed by atoms with Gasteiger partial charge in [0.25, 0.3) is 0 Å². The van der Waals surface area contributed by atoms with Crippen LogP contribution in [-0.4, -0.2) is 48.3 Å². The Labute approximate surface area is 198 Å². The Hall–Kier alpha value is -3.39. The molecule has 0 heterocycles. The van der Waals surface area contributed by atoms with Gasteiger partial charge in [-0.05, 0) is 58.5 Å². The molecule has 0 saturated heterocycles. The minimum Gasteiger partial charge on any atom is -0.461 e. The highest BCUT2D eigenvalue weighted by Crippen LogP contribution is 2.23. The summed E-state index contributed by atoms with van der Waals surface area (Å²) >= 11 is 0. The van der Waals surface area contributed by atoms with E-state index >= 15 is 0 Å². The van der Waals surface area contributed by atoms with Crippen LogP contribution < -0.4 is 5.32 Å². The predicted octanol–water partition coefficient (Wildman–Crippen LogP) is 4.14. The lowest BCUT2D eigenvalue weighted by Crippen LogP contribution is -2.47.